The van der Waals surface area contributed by atoms with E-state index in [1.807, 2.05) is 24.3 Å². The largest absolute Gasteiger partial charge is 0.497 e. The van der Waals surface area contributed by atoms with Crippen molar-refractivity contribution in [3.8, 4) is 5.75 Å². The number of esters is 1. The van der Waals surface area contributed by atoms with E-state index in [9.17, 15) is 4.79 Å². The molecule has 4 heteroatoms. The van der Waals surface area contributed by atoms with Gasteiger partial charge in [0.1, 0.15) is 5.75 Å². The molecule has 1 aromatic rings. The van der Waals surface area contributed by atoms with Crippen molar-refractivity contribution in [1.82, 2.24) is 4.90 Å². The molecule has 1 aliphatic rings. The molecule has 0 bridgehead atoms. The highest BCUT2D eigenvalue weighted by atomic mass is 16.5. The Morgan fingerprint density at radius 3 is 2.30 bits per heavy atom. The highest BCUT2D eigenvalue weighted by molar-refractivity contribution is 5.75. The molecule has 2 rings (SSSR count). The van der Waals surface area contributed by atoms with Crippen LogP contribution in [0.25, 0.3) is 0 Å². The van der Waals surface area contributed by atoms with Crippen molar-refractivity contribution >= 4 is 5.97 Å². The summed E-state index contributed by atoms with van der Waals surface area (Å²) < 4.78 is 10.7. The monoisotopic (exact) mass is 319 g/mol. The number of carbonyl (C=O) groups is 1. The lowest BCUT2D eigenvalue weighted by Gasteiger charge is -2.37. The second kappa shape index (κ2) is 6.52. The summed E-state index contributed by atoms with van der Waals surface area (Å²) in [7, 11) is 3.74. The average molecular weight is 319 g/mol. The summed E-state index contributed by atoms with van der Waals surface area (Å²) in [5, 5.41) is 0. The van der Waals surface area contributed by atoms with Crippen LogP contribution < -0.4 is 4.74 Å². The number of hydrogen-bond donors (Lipinski definition) is 0. The highest BCUT2D eigenvalue weighted by Gasteiger charge is 2.52. The zero-order valence-corrected chi connectivity index (χ0v) is 15.2. The van der Waals surface area contributed by atoms with Crippen LogP contribution in [0.2, 0.25) is 0 Å². The third kappa shape index (κ3) is 3.69. The summed E-state index contributed by atoms with van der Waals surface area (Å²) in [6.45, 7) is 9.02. The van der Waals surface area contributed by atoms with Gasteiger partial charge in [0.2, 0.25) is 0 Å². The van der Waals surface area contributed by atoms with Gasteiger partial charge in [-0.25, -0.2) is 0 Å². The van der Waals surface area contributed by atoms with E-state index in [1.165, 1.54) is 0 Å². The van der Waals surface area contributed by atoms with Gasteiger partial charge in [0.05, 0.1) is 19.6 Å². The standard InChI is InChI=1S/C19H29NO3/c1-18(2)13-16(19(3,4)20(18)5)17(21)23-12-11-14-7-9-15(22-6)10-8-14/h7-10,16H,11-13H2,1-6H3. The van der Waals surface area contributed by atoms with E-state index in [2.05, 4.69) is 39.6 Å². The topological polar surface area (TPSA) is 38.8 Å². The maximum Gasteiger partial charge on any atom is 0.310 e. The Kier molecular flexibility index (Phi) is 5.04. The molecule has 23 heavy (non-hydrogen) atoms. The molecule has 0 radical (unpaired) electrons. The minimum atomic E-state index is -0.180. The predicted octanol–water partition coefficient (Wildman–Crippen LogP) is 3.29. The van der Waals surface area contributed by atoms with E-state index in [-0.39, 0.29) is 23.0 Å². The number of methoxy groups -OCH3 is 1. The molecule has 1 unspecified atom stereocenters. The fourth-order valence-corrected chi connectivity index (χ4v) is 3.43. The molecule has 128 valence electrons. The van der Waals surface area contributed by atoms with E-state index >= 15 is 0 Å². The Balaban J connectivity index is 1.89. The molecule has 1 aliphatic heterocycles. The maximum absolute atomic E-state index is 12.5. The number of likely N-dealkylation sites (tertiary alicyclic amines) is 1. The number of carbonyl (C=O) groups excluding carboxylic acids is 1. The fraction of sp³-hybridized carbons (Fsp3) is 0.632. The number of ether oxygens (including phenoxy) is 2. The van der Waals surface area contributed by atoms with Crippen molar-refractivity contribution in [2.75, 3.05) is 20.8 Å². The van der Waals surface area contributed by atoms with Gasteiger partial charge in [0.15, 0.2) is 0 Å². The maximum atomic E-state index is 12.5. The molecular weight excluding hydrogens is 290 g/mol. The molecule has 1 heterocycles. The number of nitrogens with zero attached hydrogens (tertiary/aromatic N) is 1. The van der Waals surface area contributed by atoms with E-state index in [0.717, 1.165) is 24.2 Å². The first kappa shape index (κ1) is 17.8. The van der Waals surface area contributed by atoms with Crippen LogP contribution in [0, 0.1) is 5.92 Å². The van der Waals surface area contributed by atoms with E-state index in [0.29, 0.717) is 6.61 Å². The highest BCUT2D eigenvalue weighted by Crippen LogP contribution is 2.44. The Bertz CT molecular complexity index is 548. The van der Waals surface area contributed by atoms with Crippen LogP contribution in [0.15, 0.2) is 24.3 Å². The van der Waals surface area contributed by atoms with Gasteiger partial charge in [-0.1, -0.05) is 12.1 Å². The second-order valence-electron chi connectivity index (χ2n) is 7.55. The van der Waals surface area contributed by atoms with E-state index in [1.54, 1.807) is 7.11 Å². The third-order valence-electron chi connectivity index (χ3n) is 5.41. The first-order chi connectivity index (χ1) is 10.7. The molecule has 1 saturated heterocycles. The van der Waals surface area contributed by atoms with Gasteiger partial charge >= 0.3 is 5.97 Å². The number of hydrogen-bond acceptors (Lipinski definition) is 4. The Labute approximate surface area is 139 Å². The molecule has 0 aliphatic carbocycles. The molecule has 0 aromatic heterocycles. The molecule has 0 saturated carbocycles. The molecule has 0 amide bonds. The van der Waals surface area contributed by atoms with Crippen LogP contribution in [0.4, 0.5) is 0 Å². The minimum Gasteiger partial charge on any atom is -0.497 e. The van der Waals surface area contributed by atoms with Gasteiger partial charge < -0.3 is 9.47 Å². The van der Waals surface area contributed by atoms with Crippen molar-refractivity contribution in [3.05, 3.63) is 29.8 Å². The van der Waals surface area contributed by atoms with Crippen LogP contribution in [-0.4, -0.2) is 42.7 Å². The van der Waals surface area contributed by atoms with Crippen LogP contribution in [-0.2, 0) is 16.0 Å². The normalized spacial score (nSPS) is 22.8. The Morgan fingerprint density at radius 2 is 1.83 bits per heavy atom. The van der Waals surface area contributed by atoms with Gasteiger partial charge in [-0.05, 0) is 58.9 Å². The SMILES string of the molecule is COc1ccc(CCOC(=O)C2CC(C)(C)N(C)C2(C)C)cc1. The predicted molar refractivity (Wildman–Crippen MR) is 91.7 cm³/mol. The molecule has 0 spiro atoms. The van der Waals surface area contributed by atoms with Crippen LogP contribution in [0.5, 0.6) is 5.75 Å². The third-order valence-corrected chi connectivity index (χ3v) is 5.41. The quantitative estimate of drug-likeness (QED) is 0.781. The van der Waals surface area contributed by atoms with Gasteiger partial charge in [-0.15, -0.1) is 0 Å². The van der Waals surface area contributed by atoms with Crippen LogP contribution in [0.3, 0.4) is 0 Å². The molecular formula is C19H29NO3. The Hall–Kier alpha value is -1.55. The van der Waals surface area contributed by atoms with E-state index < -0.39 is 0 Å². The lowest BCUT2D eigenvalue weighted by molar-refractivity contribution is -0.150. The molecule has 0 N–H and O–H groups in total. The van der Waals surface area contributed by atoms with Crippen LogP contribution in [0.1, 0.15) is 39.7 Å². The second-order valence-corrected chi connectivity index (χ2v) is 7.55. The first-order valence-corrected chi connectivity index (χ1v) is 8.22. The lowest BCUT2D eigenvalue weighted by atomic mass is 9.87. The van der Waals surface area contributed by atoms with Crippen molar-refractivity contribution < 1.29 is 14.3 Å². The first-order valence-electron chi connectivity index (χ1n) is 8.22. The summed E-state index contributed by atoms with van der Waals surface area (Å²) in [6.07, 6.45) is 1.56. The van der Waals surface area contributed by atoms with Crippen molar-refractivity contribution in [2.24, 2.45) is 5.92 Å². The molecule has 4 nitrogen and oxygen atoms in total. The summed E-state index contributed by atoms with van der Waals surface area (Å²) in [5.74, 6) is 0.669. The summed E-state index contributed by atoms with van der Waals surface area (Å²) >= 11 is 0. The number of rotatable bonds is 5. The van der Waals surface area contributed by atoms with Gasteiger partial charge in [-0.3, -0.25) is 9.69 Å². The lowest BCUT2D eigenvalue weighted by Crippen LogP contribution is -2.48. The smallest absolute Gasteiger partial charge is 0.310 e. The fourth-order valence-electron chi connectivity index (χ4n) is 3.43. The van der Waals surface area contributed by atoms with Crippen LogP contribution >= 0.6 is 0 Å². The van der Waals surface area contributed by atoms with Crippen molar-refractivity contribution in [2.45, 2.75) is 51.6 Å². The molecule has 1 fully saturated rings. The summed E-state index contributed by atoms with van der Waals surface area (Å²) in [4.78, 5) is 14.8. The zero-order valence-electron chi connectivity index (χ0n) is 15.2. The van der Waals surface area contributed by atoms with Crippen molar-refractivity contribution in [1.29, 1.82) is 0 Å². The Morgan fingerprint density at radius 1 is 1.22 bits per heavy atom. The summed E-state index contributed by atoms with van der Waals surface area (Å²) in [6, 6.07) is 7.86. The molecule has 1 atom stereocenters. The molecule has 1 aromatic carbocycles. The minimum absolute atomic E-state index is 0.0170. The van der Waals surface area contributed by atoms with Crippen molar-refractivity contribution in [3.63, 3.8) is 0 Å². The average Bonchev–Trinajstić information content (AvgIpc) is 2.68. The van der Waals surface area contributed by atoms with Gasteiger partial charge in [0.25, 0.3) is 0 Å². The van der Waals surface area contributed by atoms with E-state index in [4.69, 9.17) is 9.47 Å². The summed E-state index contributed by atoms with van der Waals surface area (Å²) in [5.41, 5.74) is 0.978. The number of benzene rings is 1. The van der Waals surface area contributed by atoms with Gasteiger partial charge in [0, 0.05) is 17.5 Å². The van der Waals surface area contributed by atoms with Gasteiger partial charge in [-0.2, -0.15) is 0 Å². The zero-order chi connectivity index (χ0) is 17.3.